The Labute approximate surface area is 166 Å². The van der Waals surface area contributed by atoms with Crippen molar-refractivity contribution in [2.45, 2.75) is 19.3 Å². The molecule has 144 valence electrons. The molecule has 0 heterocycles. The molecule has 6 nitrogen and oxygen atoms in total. The molecule has 2 aromatic carbocycles. The number of hydrogen-bond acceptors (Lipinski definition) is 4. The number of alkyl halides is 3. The number of nitro benzene ring substituents is 1. The Morgan fingerprint density at radius 1 is 1.15 bits per heavy atom. The second-order valence-corrected chi connectivity index (χ2v) is 6.69. The fourth-order valence-electron chi connectivity index (χ4n) is 2.12. The van der Waals surface area contributed by atoms with E-state index in [1.165, 1.54) is 18.2 Å². The molecule has 0 fully saturated rings. The zero-order chi connectivity index (χ0) is 20.0. The first-order chi connectivity index (χ1) is 12.7. The van der Waals surface area contributed by atoms with Gasteiger partial charge < -0.3 is 10.1 Å². The van der Waals surface area contributed by atoms with E-state index in [1.807, 2.05) is 22.6 Å². The minimum Gasteiger partial charge on any atom is -0.367 e. The van der Waals surface area contributed by atoms with E-state index in [9.17, 15) is 28.1 Å². The summed E-state index contributed by atoms with van der Waals surface area (Å²) in [6.45, 7) is -1.31. The molecule has 0 atom stereocenters. The molecule has 0 aliphatic carbocycles. The Morgan fingerprint density at radius 3 is 2.37 bits per heavy atom. The largest absolute Gasteiger partial charge is 0.411 e. The average Bonchev–Trinajstić information content (AvgIpc) is 2.60. The van der Waals surface area contributed by atoms with Gasteiger partial charge in [0, 0.05) is 22.2 Å². The average molecular weight is 494 g/mol. The third-order valence-corrected chi connectivity index (χ3v) is 4.36. The predicted molar refractivity (Wildman–Crippen MR) is 99.1 cm³/mol. The van der Waals surface area contributed by atoms with Crippen LogP contribution in [0.5, 0.6) is 0 Å². The molecule has 10 heteroatoms. The molecule has 2 aromatic rings. The highest BCUT2D eigenvalue weighted by molar-refractivity contribution is 14.1. The van der Waals surface area contributed by atoms with E-state index in [1.54, 1.807) is 24.3 Å². The van der Waals surface area contributed by atoms with E-state index in [-0.39, 0.29) is 24.4 Å². The third kappa shape index (κ3) is 6.79. The fourth-order valence-corrected chi connectivity index (χ4v) is 2.70. The number of nitro groups is 1. The van der Waals surface area contributed by atoms with Crippen LogP contribution in [0.25, 0.3) is 0 Å². The van der Waals surface area contributed by atoms with Crippen molar-refractivity contribution in [3.8, 4) is 0 Å². The number of ether oxygens (including phenoxy) is 1. The highest BCUT2D eigenvalue weighted by atomic mass is 127. The van der Waals surface area contributed by atoms with Crippen LogP contribution in [0.2, 0.25) is 0 Å². The highest BCUT2D eigenvalue weighted by Gasteiger charge is 2.27. The number of benzene rings is 2. The molecular formula is C17H14F3IN2O4. The summed E-state index contributed by atoms with van der Waals surface area (Å²) in [5, 5.41) is 13.5. The maximum absolute atomic E-state index is 12.3. The van der Waals surface area contributed by atoms with Crippen molar-refractivity contribution >= 4 is 34.2 Å². The first kappa shape index (κ1) is 21.1. The predicted octanol–water partition coefficient (Wildman–Crippen LogP) is 4.21. The van der Waals surface area contributed by atoms with Gasteiger partial charge in [0.2, 0.25) is 0 Å². The molecule has 0 bridgehead atoms. The van der Waals surface area contributed by atoms with Crippen molar-refractivity contribution in [1.29, 1.82) is 0 Å². The van der Waals surface area contributed by atoms with E-state index in [0.29, 0.717) is 9.13 Å². The van der Waals surface area contributed by atoms with Crippen LogP contribution in [-0.2, 0) is 17.9 Å². The van der Waals surface area contributed by atoms with Gasteiger partial charge in [-0.15, -0.1) is 0 Å². The van der Waals surface area contributed by atoms with Gasteiger partial charge in [-0.25, -0.2) is 0 Å². The lowest BCUT2D eigenvalue weighted by atomic mass is 10.1. The number of non-ortho nitro benzene ring substituents is 1. The van der Waals surface area contributed by atoms with Gasteiger partial charge in [-0.3, -0.25) is 14.9 Å². The Hall–Kier alpha value is -2.21. The smallest absolute Gasteiger partial charge is 0.367 e. The number of hydrogen-bond donors (Lipinski definition) is 1. The Morgan fingerprint density at radius 2 is 1.78 bits per heavy atom. The highest BCUT2D eigenvalue weighted by Crippen LogP contribution is 2.20. The Kier molecular flexibility index (Phi) is 7.13. The number of amides is 1. The molecule has 0 saturated carbocycles. The van der Waals surface area contributed by atoms with Crippen LogP contribution in [0.1, 0.15) is 21.5 Å². The molecule has 0 saturated heterocycles. The Balaban J connectivity index is 1.92. The molecule has 0 radical (unpaired) electrons. The molecule has 1 amide bonds. The summed E-state index contributed by atoms with van der Waals surface area (Å²) in [6, 6.07) is 10.5. The molecular weight excluding hydrogens is 480 g/mol. The summed E-state index contributed by atoms with van der Waals surface area (Å²) >= 11 is 1.92. The van der Waals surface area contributed by atoms with E-state index in [4.69, 9.17) is 0 Å². The van der Waals surface area contributed by atoms with Gasteiger partial charge in [0.1, 0.15) is 6.61 Å². The van der Waals surface area contributed by atoms with Crippen LogP contribution in [0, 0.1) is 13.7 Å². The van der Waals surface area contributed by atoms with Crippen molar-refractivity contribution in [2.24, 2.45) is 0 Å². The SMILES string of the molecule is O=C(NCc1ccc(COCC(F)(F)F)cc1)c1cc([N+](=O)[O-])ccc1I. The van der Waals surface area contributed by atoms with Crippen molar-refractivity contribution in [3.63, 3.8) is 0 Å². The van der Waals surface area contributed by atoms with Crippen LogP contribution in [0.15, 0.2) is 42.5 Å². The van der Waals surface area contributed by atoms with Gasteiger partial charge in [-0.05, 0) is 39.8 Å². The van der Waals surface area contributed by atoms with Crippen LogP contribution in [-0.4, -0.2) is 23.6 Å². The van der Waals surface area contributed by atoms with Crippen LogP contribution in [0.3, 0.4) is 0 Å². The number of nitrogens with one attached hydrogen (secondary N) is 1. The van der Waals surface area contributed by atoms with E-state index >= 15 is 0 Å². The van der Waals surface area contributed by atoms with Crippen LogP contribution in [0.4, 0.5) is 18.9 Å². The Bertz CT molecular complexity index is 826. The molecule has 27 heavy (non-hydrogen) atoms. The van der Waals surface area contributed by atoms with Gasteiger partial charge in [0.25, 0.3) is 11.6 Å². The summed E-state index contributed by atoms with van der Waals surface area (Å²) in [5.41, 5.74) is 1.32. The lowest BCUT2D eigenvalue weighted by Gasteiger charge is -2.09. The lowest BCUT2D eigenvalue weighted by molar-refractivity contribution is -0.384. The van der Waals surface area contributed by atoms with Gasteiger partial charge in [-0.2, -0.15) is 13.2 Å². The van der Waals surface area contributed by atoms with Crippen molar-refractivity contribution in [2.75, 3.05) is 6.61 Å². The molecule has 0 aromatic heterocycles. The summed E-state index contributed by atoms with van der Waals surface area (Å²) in [4.78, 5) is 22.5. The molecule has 0 aliphatic heterocycles. The number of rotatable bonds is 7. The van der Waals surface area contributed by atoms with Crippen molar-refractivity contribution in [3.05, 3.63) is 72.8 Å². The zero-order valence-corrected chi connectivity index (χ0v) is 15.9. The monoisotopic (exact) mass is 494 g/mol. The quantitative estimate of drug-likeness (QED) is 0.356. The third-order valence-electron chi connectivity index (χ3n) is 3.42. The minimum absolute atomic E-state index is 0.168. The normalized spacial score (nSPS) is 11.3. The second kappa shape index (κ2) is 9.13. The zero-order valence-electron chi connectivity index (χ0n) is 13.8. The van der Waals surface area contributed by atoms with Gasteiger partial charge >= 0.3 is 6.18 Å². The number of halogens is 4. The maximum Gasteiger partial charge on any atom is 0.411 e. The number of carbonyl (C=O) groups excluding carboxylic acids is 1. The lowest BCUT2D eigenvalue weighted by Crippen LogP contribution is -2.23. The topological polar surface area (TPSA) is 81.5 Å². The number of carbonyl (C=O) groups is 1. The van der Waals surface area contributed by atoms with Gasteiger partial charge in [0.05, 0.1) is 17.1 Å². The van der Waals surface area contributed by atoms with Crippen LogP contribution >= 0.6 is 22.6 Å². The van der Waals surface area contributed by atoms with Crippen molar-refractivity contribution in [1.82, 2.24) is 5.32 Å². The van der Waals surface area contributed by atoms with Crippen molar-refractivity contribution < 1.29 is 27.6 Å². The summed E-state index contributed by atoms with van der Waals surface area (Å²) in [7, 11) is 0. The standard InChI is InChI=1S/C17H14F3IN2O4/c18-17(19,20)10-27-9-12-3-1-11(2-4-12)8-22-16(24)14-7-13(23(25)26)5-6-15(14)21/h1-7H,8-10H2,(H,22,24). The molecule has 1 N–H and O–H groups in total. The summed E-state index contributed by atoms with van der Waals surface area (Å²) < 4.78 is 41.2. The summed E-state index contributed by atoms with van der Waals surface area (Å²) in [5.74, 6) is -0.458. The maximum atomic E-state index is 12.3. The fraction of sp³-hybridized carbons (Fsp3) is 0.235. The second-order valence-electron chi connectivity index (χ2n) is 5.53. The molecule has 0 spiro atoms. The van der Waals surface area contributed by atoms with E-state index in [0.717, 1.165) is 5.56 Å². The molecule has 0 aliphatic rings. The van der Waals surface area contributed by atoms with E-state index in [2.05, 4.69) is 10.1 Å². The first-order valence-electron chi connectivity index (χ1n) is 7.60. The van der Waals surface area contributed by atoms with E-state index < -0.39 is 23.6 Å². The minimum atomic E-state index is -4.37. The van der Waals surface area contributed by atoms with Gasteiger partial charge in [0.15, 0.2) is 0 Å². The van der Waals surface area contributed by atoms with Crippen LogP contribution < -0.4 is 5.32 Å². The summed E-state index contributed by atoms with van der Waals surface area (Å²) in [6.07, 6.45) is -4.37. The number of nitrogens with zero attached hydrogens (tertiary/aromatic N) is 1. The molecule has 2 rings (SSSR count). The first-order valence-corrected chi connectivity index (χ1v) is 8.68. The molecule has 0 unspecified atom stereocenters. The van der Waals surface area contributed by atoms with Gasteiger partial charge in [-0.1, -0.05) is 24.3 Å².